The van der Waals surface area contributed by atoms with Crippen LogP contribution >= 0.6 is 0 Å². The predicted molar refractivity (Wildman–Crippen MR) is 56.0 cm³/mol. The number of hydrogen-bond donors (Lipinski definition) is 1. The minimum atomic E-state index is 0.298. The summed E-state index contributed by atoms with van der Waals surface area (Å²) < 4.78 is 0. The molecule has 1 amide bonds. The van der Waals surface area contributed by atoms with E-state index >= 15 is 0 Å². The Morgan fingerprint density at radius 3 is 2.79 bits per heavy atom. The zero-order valence-electron chi connectivity index (χ0n) is 8.96. The Bertz CT molecular complexity index is 213. The van der Waals surface area contributed by atoms with Crippen LogP contribution in [0.1, 0.15) is 32.1 Å². The van der Waals surface area contributed by atoms with E-state index in [-0.39, 0.29) is 0 Å². The minimum absolute atomic E-state index is 0.298. The van der Waals surface area contributed by atoms with Gasteiger partial charge in [-0.15, -0.1) is 0 Å². The molecule has 0 bridgehead atoms. The normalized spacial score (nSPS) is 29.1. The first-order chi connectivity index (χ1) is 6.75. The maximum absolute atomic E-state index is 11.2. The van der Waals surface area contributed by atoms with Crippen LogP contribution < -0.4 is 5.32 Å². The molecule has 1 saturated carbocycles. The molecule has 1 aliphatic carbocycles. The summed E-state index contributed by atoms with van der Waals surface area (Å²) in [5, 5.41) is 3.58. The van der Waals surface area contributed by atoms with Crippen LogP contribution in [-0.2, 0) is 4.79 Å². The first-order valence-corrected chi connectivity index (χ1v) is 5.73. The monoisotopic (exact) mass is 196 g/mol. The summed E-state index contributed by atoms with van der Waals surface area (Å²) >= 11 is 0. The van der Waals surface area contributed by atoms with Gasteiger partial charge < -0.3 is 10.2 Å². The fraction of sp³-hybridized carbons (Fsp3) is 0.909. The Balaban J connectivity index is 1.68. The Morgan fingerprint density at radius 2 is 2.21 bits per heavy atom. The van der Waals surface area contributed by atoms with Crippen LogP contribution in [0.5, 0.6) is 0 Å². The zero-order valence-corrected chi connectivity index (χ0v) is 8.96. The van der Waals surface area contributed by atoms with E-state index in [1.54, 1.807) is 0 Å². The van der Waals surface area contributed by atoms with Gasteiger partial charge in [0, 0.05) is 26.1 Å². The summed E-state index contributed by atoms with van der Waals surface area (Å²) in [4.78, 5) is 13.1. The molecule has 0 spiro atoms. The van der Waals surface area contributed by atoms with Crippen LogP contribution in [0, 0.1) is 5.92 Å². The molecule has 2 aliphatic rings. The molecular weight excluding hydrogens is 176 g/mol. The summed E-state index contributed by atoms with van der Waals surface area (Å²) in [5.74, 6) is 1.21. The average molecular weight is 196 g/mol. The SMILES string of the molecule is CN1CC(NCC2CCC2)CCC1=O. The summed E-state index contributed by atoms with van der Waals surface area (Å²) in [6.07, 6.45) is 5.95. The topological polar surface area (TPSA) is 32.3 Å². The largest absolute Gasteiger partial charge is 0.344 e. The van der Waals surface area contributed by atoms with Gasteiger partial charge in [0.25, 0.3) is 0 Å². The van der Waals surface area contributed by atoms with Crippen molar-refractivity contribution in [2.45, 2.75) is 38.1 Å². The third kappa shape index (κ3) is 2.27. The van der Waals surface area contributed by atoms with Crippen molar-refractivity contribution in [1.82, 2.24) is 10.2 Å². The lowest BCUT2D eigenvalue weighted by atomic mass is 9.85. The Morgan fingerprint density at radius 1 is 1.43 bits per heavy atom. The maximum Gasteiger partial charge on any atom is 0.222 e. The number of rotatable bonds is 3. The highest BCUT2D eigenvalue weighted by atomic mass is 16.2. The number of carbonyl (C=O) groups excluding carboxylic acids is 1. The molecule has 1 heterocycles. The van der Waals surface area contributed by atoms with Gasteiger partial charge >= 0.3 is 0 Å². The molecule has 2 rings (SSSR count). The van der Waals surface area contributed by atoms with Crippen molar-refractivity contribution in [3.05, 3.63) is 0 Å². The molecular formula is C11H20N2O. The summed E-state index contributed by atoms with van der Waals surface area (Å²) in [6, 6.07) is 0.540. The van der Waals surface area contributed by atoms with E-state index < -0.39 is 0 Å². The van der Waals surface area contributed by atoms with Crippen LogP contribution in [0.15, 0.2) is 0 Å². The van der Waals surface area contributed by atoms with Gasteiger partial charge in [-0.3, -0.25) is 4.79 Å². The molecule has 1 saturated heterocycles. The van der Waals surface area contributed by atoms with E-state index in [0.717, 1.165) is 31.8 Å². The van der Waals surface area contributed by atoms with Gasteiger partial charge in [0.15, 0.2) is 0 Å². The molecule has 3 heteroatoms. The fourth-order valence-electron chi connectivity index (χ4n) is 2.21. The van der Waals surface area contributed by atoms with E-state index in [1.807, 2.05) is 11.9 Å². The van der Waals surface area contributed by atoms with Crippen molar-refractivity contribution in [2.24, 2.45) is 5.92 Å². The van der Waals surface area contributed by atoms with Crippen LogP contribution in [0.2, 0.25) is 0 Å². The number of likely N-dealkylation sites (tertiary alicyclic amines) is 1. The van der Waals surface area contributed by atoms with Gasteiger partial charge in [0.05, 0.1) is 0 Å². The summed E-state index contributed by atoms with van der Waals surface area (Å²) in [6.45, 7) is 2.05. The first-order valence-electron chi connectivity index (χ1n) is 5.73. The second-order valence-electron chi connectivity index (χ2n) is 4.72. The molecule has 0 aromatic carbocycles. The van der Waals surface area contributed by atoms with Crippen molar-refractivity contribution in [1.29, 1.82) is 0 Å². The fourth-order valence-corrected chi connectivity index (χ4v) is 2.21. The summed E-state index contributed by atoms with van der Waals surface area (Å²) in [5.41, 5.74) is 0. The molecule has 1 aliphatic heterocycles. The van der Waals surface area contributed by atoms with Gasteiger partial charge in [-0.2, -0.15) is 0 Å². The van der Waals surface area contributed by atoms with E-state index in [2.05, 4.69) is 5.32 Å². The van der Waals surface area contributed by atoms with Crippen molar-refractivity contribution in [2.75, 3.05) is 20.1 Å². The van der Waals surface area contributed by atoms with Gasteiger partial charge in [-0.1, -0.05) is 6.42 Å². The average Bonchev–Trinajstić information content (AvgIpc) is 2.08. The van der Waals surface area contributed by atoms with Crippen molar-refractivity contribution in [3.8, 4) is 0 Å². The van der Waals surface area contributed by atoms with Crippen molar-refractivity contribution < 1.29 is 4.79 Å². The Kier molecular flexibility index (Phi) is 3.06. The highest BCUT2D eigenvalue weighted by Gasteiger charge is 2.24. The van der Waals surface area contributed by atoms with E-state index in [1.165, 1.54) is 19.3 Å². The van der Waals surface area contributed by atoms with Gasteiger partial charge in [0.2, 0.25) is 5.91 Å². The highest BCUT2D eigenvalue weighted by Crippen LogP contribution is 2.25. The predicted octanol–water partition coefficient (Wildman–Crippen LogP) is 0.997. The van der Waals surface area contributed by atoms with Crippen LogP contribution in [0.3, 0.4) is 0 Å². The van der Waals surface area contributed by atoms with Gasteiger partial charge in [-0.25, -0.2) is 0 Å². The minimum Gasteiger partial charge on any atom is -0.344 e. The molecule has 1 N–H and O–H groups in total. The molecule has 1 atom stereocenters. The number of carbonyl (C=O) groups is 1. The molecule has 0 aromatic heterocycles. The van der Waals surface area contributed by atoms with E-state index in [4.69, 9.17) is 0 Å². The van der Waals surface area contributed by atoms with Gasteiger partial charge in [0.1, 0.15) is 0 Å². The van der Waals surface area contributed by atoms with Crippen molar-refractivity contribution in [3.63, 3.8) is 0 Å². The van der Waals surface area contributed by atoms with E-state index in [0.29, 0.717) is 11.9 Å². The molecule has 3 nitrogen and oxygen atoms in total. The first kappa shape index (κ1) is 9.97. The highest BCUT2D eigenvalue weighted by molar-refractivity contribution is 5.76. The maximum atomic E-state index is 11.2. The van der Waals surface area contributed by atoms with Crippen LogP contribution in [-0.4, -0.2) is 37.0 Å². The lowest BCUT2D eigenvalue weighted by Crippen LogP contribution is -2.48. The molecule has 0 aromatic rings. The lowest BCUT2D eigenvalue weighted by molar-refractivity contribution is -0.132. The Hall–Kier alpha value is -0.570. The number of likely N-dealkylation sites (N-methyl/N-ethyl adjacent to an activating group) is 1. The van der Waals surface area contributed by atoms with Gasteiger partial charge in [-0.05, 0) is 31.7 Å². The molecule has 80 valence electrons. The number of piperidine rings is 1. The van der Waals surface area contributed by atoms with E-state index in [9.17, 15) is 4.79 Å². The zero-order chi connectivity index (χ0) is 9.97. The number of hydrogen-bond acceptors (Lipinski definition) is 2. The second-order valence-corrected chi connectivity index (χ2v) is 4.72. The number of amides is 1. The molecule has 14 heavy (non-hydrogen) atoms. The second kappa shape index (κ2) is 4.30. The van der Waals surface area contributed by atoms with Crippen molar-refractivity contribution >= 4 is 5.91 Å². The third-order valence-electron chi connectivity index (χ3n) is 3.55. The van der Waals surface area contributed by atoms with Crippen LogP contribution in [0.4, 0.5) is 0 Å². The quantitative estimate of drug-likeness (QED) is 0.730. The number of nitrogens with one attached hydrogen (secondary N) is 1. The standard InChI is InChI=1S/C11H20N2O/c1-13-8-10(5-6-11(13)14)12-7-9-3-2-4-9/h9-10,12H,2-8H2,1H3. The number of nitrogens with zero attached hydrogens (tertiary/aromatic N) is 1. The van der Waals surface area contributed by atoms with Crippen LogP contribution in [0.25, 0.3) is 0 Å². The Labute approximate surface area is 85.8 Å². The lowest BCUT2D eigenvalue weighted by Gasteiger charge is -2.33. The molecule has 1 unspecified atom stereocenters. The molecule has 0 radical (unpaired) electrons. The smallest absolute Gasteiger partial charge is 0.222 e. The summed E-state index contributed by atoms with van der Waals surface area (Å²) in [7, 11) is 1.90. The molecule has 2 fully saturated rings. The third-order valence-corrected chi connectivity index (χ3v) is 3.55.